The molecule has 2 aromatic heterocycles. The number of thiophene rings is 1. The number of fused-ring (bicyclic) bond motifs is 1. The lowest BCUT2D eigenvalue weighted by Crippen LogP contribution is -2.15. The molecule has 10 heteroatoms. The van der Waals surface area contributed by atoms with Crippen molar-refractivity contribution >= 4 is 71.3 Å². The predicted molar refractivity (Wildman–Crippen MR) is 151 cm³/mol. The first-order valence-electron chi connectivity index (χ1n) is 11.9. The molecule has 0 saturated carbocycles. The lowest BCUT2D eigenvalue weighted by atomic mass is 10.1. The van der Waals surface area contributed by atoms with Crippen molar-refractivity contribution in [3.8, 4) is 0 Å². The van der Waals surface area contributed by atoms with Crippen LogP contribution in [0.15, 0.2) is 115 Å². The van der Waals surface area contributed by atoms with Crippen molar-refractivity contribution in [1.82, 2.24) is 4.98 Å². The molecule has 0 spiro atoms. The minimum absolute atomic E-state index is 0.626. The van der Waals surface area contributed by atoms with Gasteiger partial charge in [-0.15, -0.1) is 36.9 Å². The van der Waals surface area contributed by atoms with Crippen molar-refractivity contribution in [3.63, 3.8) is 0 Å². The molecule has 182 valence electrons. The number of nitrogens with zero attached hydrogens (tertiary/aromatic N) is 8. The van der Waals surface area contributed by atoms with Gasteiger partial charge in [-0.2, -0.15) is 5.11 Å². The molecule has 0 atom stereocenters. The molecule has 5 aromatic rings. The van der Waals surface area contributed by atoms with E-state index in [4.69, 9.17) is 0 Å². The van der Waals surface area contributed by atoms with Crippen LogP contribution in [0.4, 0.5) is 37.9 Å². The summed E-state index contributed by atoms with van der Waals surface area (Å²) in [6, 6.07) is 23.5. The van der Waals surface area contributed by atoms with E-state index < -0.39 is 0 Å². The third-order valence-corrected chi connectivity index (χ3v) is 7.61. The van der Waals surface area contributed by atoms with Gasteiger partial charge in [-0.25, -0.2) is 4.98 Å². The third-order valence-electron chi connectivity index (χ3n) is 5.92. The first-order chi connectivity index (χ1) is 18.3. The number of hydrogen-bond acceptors (Lipinski definition) is 10. The highest BCUT2D eigenvalue weighted by Crippen LogP contribution is 2.38. The lowest BCUT2D eigenvalue weighted by Gasteiger charge is -2.13. The topological polar surface area (TPSA) is 90.3 Å². The van der Waals surface area contributed by atoms with Gasteiger partial charge in [0.15, 0.2) is 0 Å². The van der Waals surface area contributed by atoms with Crippen LogP contribution in [0, 0.1) is 0 Å². The molecule has 8 nitrogen and oxygen atoms in total. The molecule has 0 aliphatic carbocycles. The fourth-order valence-electron chi connectivity index (χ4n) is 4.09. The Hall–Kier alpha value is -4.15. The van der Waals surface area contributed by atoms with Gasteiger partial charge in [0.25, 0.3) is 0 Å². The molecule has 0 bridgehead atoms. The zero-order chi connectivity index (χ0) is 24.9. The zero-order valence-corrected chi connectivity index (χ0v) is 21.4. The summed E-state index contributed by atoms with van der Waals surface area (Å²) in [4.78, 5) is 6.51. The van der Waals surface area contributed by atoms with Crippen molar-refractivity contribution in [2.75, 3.05) is 18.0 Å². The monoisotopic (exact) mass is 522 g/mol. The molecular weight excluding hydrogens is 500 g/mol. The standard InChI is InChI=1S/C27H22N8S2/c1-2-6-22-21(5-1)23(31-29-19-7-9-20(10-8-19)30-34-27-28-15-18-36-27)11-12-24(22)32-33-25-13-14-26(37-25)35-16-3-4-17-35/h1-2,5-15,18H,3-4,16-17H2/b31-29+,33-32+,34-30+. The van der Waals surface area contributed by atoms with Gasteiger partial charge in [0.1, 0.15) is 5.00 Å². The first kappa shape index (κ1) is 23.3. The maximum atomic E-state index is 4.57. The van der Waals surface area contributed by atoms with Gasteiger partial charge in [0, 0.05) is 35.4 Å². The fraction of sp³-hybridized carbons (Fsp3) is 0.148. The Balaban J connectivity index is 1.20. The van der Waals surface area contributed by atoms with E-state index >= 15 is 0 Å². The largest absolute Gasteiger partial charge is 0.363 e. The zero-order valence-electron chi connectivity index (χ0n) is 19.8. The molecule has 0 unspecified atom stereocenters. The maximum absolute atomic E-state index is 4.57. The molecule has 0 radical (unpaired) electrons. The summed E-state index contributed by atoms with van der Waals surface area (Å²) < 4.78 is 0. The Labute approximate surface area is 221 Å². The van der Waals surface area contributed by atoms with E-state index in [0.717, 1.165) is 51.6 Å². The van der Waals surface area contributed by atoms with E-state index in [1.807, 2.05) is 72.1 Å². The van der Waals surface area contributed by atoms with Crippen molar-refractivity contribution in [1.29, 1.82) is 0 Å². The minimum atomic E-state index is 0.626. The normalized spacial score (nSPS) is 14.2. The van der Waals surface area contributed by atoms with Gasteiger partial charge >= 0.3 is 0 Å². The number of aromatic nitrogens is 1. The Morgan fingerprint density at radius 2 is 1.30 bits per heavy atom. The Morgan fingerprint density at radius 3 is 1.95 bits per heavy atom. The van der Waals surface area contributed by atoms with Crippen LogP contribution >= 0.6 is 22.7 Å². The Kier molecular flexibility index (Phi) is 6.82. The van der Waals surface area contributed by atoms with Crippen molar-refractivity contribution in [2.45, 2.75) is 12.8 Å². The minimum Gasteiger partial charge on any atom is -0.363 e. The summed E-state index contributed by atoms with van der Waals surface area (Å²) >= 11 is 3.13. The van der Waals surface area contributed by atoms with Crippen LogP contribution in [0.1, 0.15) is 12.8 Å². The number of thiazole rings is 1. The quantitative estimate of drug-likeness (QED) is 0.199. The fourth-order valence-corrected chi connectivity index (χ4v) is 5.42. The molecule has 3 aromatic carbocycles. The summed E-state index contributed by atoms with van der Waals surface area (Å²) in [6.45, 7) is 2.25. The summed E-state index contributed by atoms with van der Waals surface area (Å²) in [7, 11) is 0. The number of hydrogen-bond donors (Lipinski definition) is 0. The molecule has 1 aliphatic heterocycles. The lowest BCUT2D eigenvalue weighted by molar-refractivity contribution is 0.949. The molecule has 1 fully saturated rings. The van der Waals surface area contributed by atoms with Crippen LogP contribution in [-0.2, 0) is 0 Å². The second-order valence-electron chi connectivity index (χ2n) is 8.39. The van der Waals surface area contributed by atoms with Gasteiger partial charge in [-0.05, 0) is 61.4 Å². The summed E-state index contributed by atoms with van der Waals surface area (Å²) in [6.07, 6.45) is 4.22. The molecular formula is C27H22N8S2. The Morgan fingerprint density at radius 1 is 0.649 bits per heavy atom. The number of azo groups is 3. The third kappa shape index (κ3) is 5.50. The highest BCUT2D eigenvalue weighted by atomic mass is 32.1. The highest BCUT2D eigenvalue weighted by Gasteiger charge is 2.14. The van der Waals surface area contributed by atoms with Gasteiger partial charge in [0.05, 0.1) is 27.8 Å². The second-order valence-corrected chi connectivity index (χ2v) is 10.3. The average molecular weight is 523 g/mol. The Bertz CT molecular complexity index is 1580. The maximum Gasteiger partial charge on any atom is 0.229 e. The van der Waals surface area contributed by atoms with Gasteiger partial charge in [0.2, 0.25) is 5.13 Å². The van der Waals surface area contributed by atoms with Crippen LogP contribution in [0.2, 0.25) is 0 Å². The predicted octanol–water partition coefficient (Wildman–Crippen LogP) is 10.2. The molecule has 3 heterocycles. The highest BCUT2D eigenvalue weighted by molar-refractivity contribution is 7.19. The molecule has 0 N–H and O–H groups in total. The van der Waals surface area contributed by atoms with Crippen molar-refractivity contribution in [3.05, 3.63) is 84.4 Å². The molecule has 0 amide bonds. The van der Waals surface area contributed by atoms with E-state index in [-0.39, 0.29) is 0 Å². The van der Waals surface area contributed by atoms with Crippen molar-refractivity contribution < 1.29 is 0 Å². The SMILES string of the molecule is c1ccc2c(/N=N/c3ccc(N4CCCC4)s3)ccc(/N=N/c3ccc(/N=N/c4nccs4)cc3)c2c1. The molecule has 1 aliphatic rings. The number of rotatable bonds is 7. The second kappa shape index (κ2) is 10.9. The number of anilines is 1. The van der Waals surface area contributed by atoms with Gasteiger partial charge in [-0.1, -0.05) is 35.6 Å². The van der Waals surface area contributed by atoms with Crippen molar-refractivity contribution in [2.24, 2.45) is 30.7 Å². The van der Waals surface area contributed by atoms with E-state index in [9.17, 15) is 0 Å². The first-order valence-corrected chi connectivity index (χ1v) is 13.6. The van der Waals surface area contributed by atoms with Crippen LogP contribution in [0.5, 0.6) is 0 Å². The molecule has 1 saturated heterocycles. The van der Waals surface area contributed by atoms with Gasteiger partial charge < -0.3 is 4.90 Å². The molecule has 6 rings (SSSR count). The van der Waals surface area contributed by atoms with Crippen LogP contribution in [-0.4, -0.2) is 18.1 Å². The summed E-state index contributed by atoms with van der Waals surface area (Å²) in [5, 5.41) is 33.0. The summed E-state index contributed by atoms with van der Waals surface area (Å²) in [5.74, 6) is 0. The van der Waals surface area contributed by atoms with E-state index in [1.165, 1.54) is 29.2 Å². The van der Waals surface area contributed by atoms with E-state index in [0.29, 0.717) is 5.13 Å². The molecule has 37 heavy (non-hydrogen) atoms. The van der Waals surface area contributed by atoms with Crippen LogP contribution < -0.4 is 4.90 Å². The number of benzene rings is 3. The smallest absolute Gasteiger partial charge is 0.229 e. The average Bonchev–Trinajstić information content (AvgIpc) is 3.73. The van der Waals surface area contributed by atoms with E-state index in [2.05, 4.69) is 46.6 Å². The van der Waals surface area contributed by atoms with Crippen LogP contribution in [0.3, 0.4) is 0 Å². The summed E-state index contributed by atoms with van der Waals surface area (Å²) in [5.41, 5.74) is 3.04. The van der Waals surface area contributed by atoms with E-state index in [1.54, 1.807) is 17.5 Å². The van der Waals surface area contributed by atoms with Crippen LogP contribution in [0.25, 0.3) is 10.8 Å². The van der Waals surface area contributed by atoms with Gasteiger partial charge in [-0.3, -0.25) is 0 Å².